The maximum atomic E-state index is 13.5. The summed E-state index contributed by atoms with van der Waals surface area (Å²) in [5.74, 6) is -0.351. The third-order valence-corrected chi connectivity index (χ3v) is 4.10. The Kier molecular flexibility index (Phi) is 3.12. The lowest BCUT2D eigenvalue weighted by Gasteiger charge is -2.10. The maximum absolute atomic E-state index is 13.5. The van der Waals surface area contributed by atoms with Crippen molar-refractivity contribution in [3.63, 3.8) is 0 Å². The molecule has 1 heterocycles. The number of benzene rings is 2. The lowest BCUT2D eigenvalue weighted by atomic mass is 10.2. The van der Waals surface area contributed by atoms with E-state index in [0.29, 0.717) is 15.8 Å². The molecule has 3 aromatic rings. The number of rotatable bonds is 2. The number of anilines is 3. The summed E-state index contributed by atoms with van der Waals surface area (Å²) in [7, 11) is 0. The maximum Gasteiger partial charge on any atom is 0.139 e. The predicted molar refractivity (Wildman–Crippen MR) is 81.4 cm³/mol. The number of nitrogens with one attached hydrogen (secondary N) is 1. The molecule has 0 spiro atoms. The Hall–Kier alpha value is -1.66. The lowest BCUT2D eigenvalue weighted by molar-refractivity contribution is 0.622. The fourth-order valence-corrected chi connectivity index (χ4v) is 2.84. The van der Waals surface area contributed by atoms with Gasteiger partial charge in [-0.15, -0.1) is 11.3 Å². The first-order chi connectivity index (χ1) is 9.13. The van der Waals surface area contributed by atoms with Gasteiger partial charge in [0.2, 0.25) is 0 Å². The Bertz CT molecular complexity index is 757. The standard InChI is InChI=1S/C13H9BrFN3S/c14-8-4-10(16)12(5-9(8)15)18-7-1-2-11-13(3-7)19-6-17-11/h1-6,18H,16H2. The summed E-state index contributed by atoms with van der Waals surface area (Å²) < 4.78 is 14.9. The summed E-state index contributed by atoms with van der Waals surface area (Å²) in [6.07, 6.45) is 0. The fraction of sp³-hybridized carbons (Fsp3) is 0. The Morgan fingerprint density at radius 1 is 1.26 bits per heavy atom. The first-order valence-electron chi connectivity index (χ1n) is 5.48. The Balaban J connectivity index is 1.98. The van der Waals surface area contributed by atoms with Gasteiger partial charge in [0.05, 0.1) is 31.6 Å². The van der Waals surface area contributed by atoms with Crippen LogP contribution >= 0.6 is 27.3 Å². The van der Waals surface area contributed by atoms with E-state index < -0.39 is 0 Å². The molecule has 96 valence electrons. The Morgan fingerprint density at radius 3 is 2.95 bits per heavy atom. The molecule has 0 bridgehead atoms. The minimum atomic E-state index is -0.351. The summed E-state index contributed by atoms with van der Waals surface area (Å²) in [5.41, 5.74) is 10.5. The highest BCUT2D eigenvalue weighted by molar-refractivity contribution is 9.10. The van der Waals surface area contributed by atoms with Gasteiger partial charge >= 0.3 is 0 Å². The number of hydrogen-bond donors (Lipinski definition) is 2. The average Bonchev–Trinajstić information content (AvgIpc) is 2.83. The molecule has 0 saturated heterocycles. The van der Waals surface area contributed by atoms with Gasteiger partial charge in [0.15, 0.2) is 0 Å². The van der Waals surface area contributed by atoms with Crippen molar-refractivity contribution in [1.82, 2.24) is 4.98 Å². The molecule has 0 unspecified atom stereocenters. The van der Waals surface area contributed by atoms with Crippen LogP contribution in [-0.4, -0.2) is 4.98 Å². The van der Waals surface area contributed by atoms with Crippen LogP contribution in [0.4, 0.5) is 21.5 Å². The molecule has 0 aliphatic carbocycles. The number of nitrogens with two attached hydrogens (primary N) is 1. The van der Waals surface area contributed by atoms with Crippen molar-refractivity contribution in [1.29, 1.82) is 0 Å². The zero-order valence-corrected chi connectivity index (χ0v) is 12.1. The SMILES string of the molecule is Nc1cc(Br)c(F)cc1Nc1ccc2ncsc2c1. The molecule has 2 aromatic carbocycles. The molecule has 0 radical (unpaired) electrons. The highest BCUT2D eigenvalue weighted by atomic mass is 79.9. The van der Waals surface area contributed by atoms with Crippen molar-refractivity contribution in [3.8, 4) is 0 Å². The summed E-state index contributed by atoms with van der Waals surface area (Å²) in [4.78, 5) is 4.21. The molecule has 0 fully saturated rings. The molecule has 0 aliphatic rings. The molecule has 3 rings (SSSR count). The highest BCUT2D eigenvalue weighted by Crippen LogP contribution is 2.30. The predicted octanol–water partition coefficient (Wildman–Crippen LogP) is 4.52. The van der Waals surface area contributed by atoms with Crippen LogP contribution in [-0.2, 0) is 0 Å². The molecular weight excluding hydrogens is 329 g/mol. The van der Waals surface area contributed by atoms with E-state index in [1.54, 1.807) is 22.9 Å². The number of nitrogen functional groups attached to an aromatic ring is 1. The van der Waals surface area contributed by atoms with Crippen molar-refractivity contribution >= 4 is 54.5 Å². The molecular formula is C13H9BrFN3S. The third-order valence-electron chi connectivity index (χ3n) is 2.70. The molecule has 0 atom stereocenters. The summed E-state index contributed by atoms with van der Waals surface area (Å²) in [6, 6.07) is 8.69. The molecule has 0 aliphatic heterocycles. The Labute approximate surface area is 121 Å². The van der Waals surface area contributed by atoms with E-state index in [9.17, 15) is 4.39 Å². The molecule has 6 heteroatoms. The van der Waals surface area contributed by atoms with Crippen LogP contribution in [0.2, 0.25) is 0 Å². The zero-order valence-electron chi connectivity index (χ0n) is 9.65. The van der Waals surface area contributed by atoms with Gasteiger partial charge in [-0.2, -0.15) is 0 Å². The summed E-state index contributed by atoms with van der Waals surface area (Å²) >= 11 is 4.66. The number of nitrogens with zero attached hydrogens (tertiary/aromatic N) is 1. The largest absolute Gasteiger partial charge is 0.397 e. The third kappa shape index (κ3) is 2.41. The smallest absolute Gasteiger partial charge is 0.139 e. The topological polar surface area (TPSA) is 50.9 Å². The quantitative estimate of drug-likeness (QED) is 0.675. The average molecular weight is 338 g/mol. The van der Waals surface area contributed by atoms with Crippen LogP contribution in [0.3, 0.4) is 0 Å². The van der Waals surface area contributed by atoms with E-state index in [0.717, 1.165) is 15.9 Å². The first kappa shape index (κ1) is 12.4. The highest BCUT2D eigenvalue weighted by Gasteiger charge is 2.07. The number of halogens is 2. The number of aromatic nitrogens is 1. The van der Waals surface area contributed by atoms with Crippen LogP contribution in [0.25, 0.3) is 10.2 Å². The second-order valence-corrected chi connectivity index (χ2v) is 5.75. The van der Waals surface area contributed by atoms with Gasteiger partial charge < -0.3 is 11.1 Å². The molecule has 3 nitrogen and oxygen atoms in total. The van der Waals surface area contributed by atoms with Gasteiger partial charge in [-0.05, 0) is 40.2 Å². The first-order valence-corrected chi connectivity index (χ1v) is 7.15. The van der Waals surface area contributed by atoms with E-state index in [1.165, 1.54) is 6.07 Å². The van der Waals surface area contributed by atoms with Crippen molar-refractivity contribution in [3.05, 3.63) is 46.1 Å². The Morgan fingerprint density at radius 2 is 2.11 bits per heavy atom. The van der Waals surface area contributed by atoms with Gasteiger partial charge in [-0.25, -0.2) is 9.37 Å². The van der Waals surface area contributed by atoms with Crippen molar-refractivity contribution in [2.24, 2.45) is 0 Å². The zero-order chi connectivity index (χ0) is 13.4. The summed E-state index contributed by atoms with van der Waals surface area (Å²) in [5, 5.41) is 3.12. The second-order valence-electron chi connectivity index (χ2n) is 4.01. The van der Waals surface area contributed by atoms with Gasteiger partial charge in [-0.1, -0.05) is 0 Å². The van der Waals surface area contributed by atoms with Gasteiger partial charge in [0.25, 0.3) is 0 Å². The summed E-state index contributed by atoms with van der Waals surface area (Å²) in [6.45, 7) is 0. The molecule has 0 saturated carbocycles. The molecule has 1 aromatic heterocycles. The van der Waals surface area contributed by atoms with Crippen LogP contribution in [0, 0.1) is 5.82 Å². The van der Waals surface area contributed by atoms with Crippen LogP contribution in [0.1, 0.15) is 0 Å². The molecule has 19 heavy (non-hydrogen) atoms. The molecule has 0 amide bonds. The van der Waals surface area contributed by atoms with Crippen LogP contribution in [0.5, 0.6) is 0 Å². The number of fused-ring (bicyclic) bond motifs is 1. The monoisotopic (exact) mass is 337 g/mol. The lowest BCUT2D eigenvalue weighted by Crippen LogP contribution is -1.97. The van der Waals surface area contributed by atoms with Crippen molar-refractivity contribution in [2.45, 2.75) is 0 Å². The van der Waals surface area contributed by atoms with Gasteiger partial charge in [-0.3, -0.25) is 0 Å². The van der Waals surface area contributed by atoms with Crippen LogP contribution < -0.4 is 11.1 Å². The van der Waals surface area contributed by atoms with Gasteiger partial charge in [0.1, 0.15) is 5.82 Å². The van der Waals surface area contributed by atoms with E-state index in [-0.39, 0.29) is 5.82 Å². The van der Waals surface area contributed by atoms with E-state index in [2.05, 4.69) is 26.2 Å². The van der Waals surface area contributed by atoms with E-state index in [4.69, 9.17) is 5.73 Å². The number of thiazole rings is 1. The minimum absolute atomic E-state index is 0.351. The van der Waals surface area contributed by atoms with Crippen molar-refractivity contribution < 1.29 is 4.39 Å². The fourth-order valence-electron chi connectivity index (χ4n) is 1.76. The second kappa shape index (κ2) is 4.79. The van der Waals surface area contributed by atoms with Gasteiger partial charge in [0, 0.05) is 11.8 Å². The van der Waals surface area contributed by atoms with Crippen molar-refractivity contribution in [2.75, 3.05) is 11.1 Å². The van der Waals surface area contributed by atoms with Crippen LogP contribution in [0.15, 0.2) is 40.3 Å². The van der Waals surface area contributed by atoms with E-state index >= 15 is 0 Å². The van der Waals surface area contributed by atoms with E-state index in [1.807, 2.05) is 18.2 Å². The number of hydrogen-bond acceptors (Lipinski definition) is 4. The normalized spacial score (nSPS) is 10.8. The minimum Gasteiger partial charge on any atom is -0.397 e. The molecule has 3 N–H and O–H groups in total.